The third-order valence-electron chi connectivity index (χ3n) is 3.16. The van der Waals surface area contributed by atoms with E-state index in [4.69, 9.17) is 14.7 Å². The summed E-state index contributed by atoms with van der Waals surface area (Å²) in [5, 5.41) is 11.6. The molecule has 0 saturated carbocycles. The van der Waals surface area contributed by atoms with Gasteiger partial charge in [-0.1, -0.05) is 18.2 Å². The molecule has 0 radical (unpaired) electrons. The molecule has 1 aromatic rings. The van der Waals surface area contributed by atoms with Crippen LogP contribution in [0.3, 0.4) is 0 Å². The zero-order valence-corrected chi connectivity index (χ0v) is 13.5. The van der Waals surface area contributed by atoms with Crippen molar-refractivity contribution in [2.24, 2.45) is 11.1 Å². The van der Waals surface area contributed by atoms with Crippen molar-refractivity contribution < 1.29 is 19.5 Å². The number of hydrogen-bond donors (Lipinski definition) is 1. The van der Waals surface area contributed by atoms with E-state index < -0.39 is 5.92 Å². The zero-order valence-electron chi connectivity index (χ0n) is 13.5. The second-order valence-electron chi connectivity index (χ2n) is 5.47. The molecule has 0 aliphatic rings. The Balaban J connectivity index is 2.31. The minimum atomic E-state index is -0.508. The summed E-state index contributed by atoms with van der Waals surface area (Å²) in [4.78, 5) is 11.8. The predicted octanol–water partition coefficient (Wildman–Crippen LogP) is 3.57. The third kappa shape index (κ3) is 6.61. The largest absolute Gasteiger partial charge is 0.493 e. The Kier molecular flexibility index (Phi) is 8.04. The van der Waals surface area contributed by atoms with Crippen LogP contribution in [0.15, 0.2) is 29.4 Å². The molecule has 0 aliphatic carbocycles. The summed E-state index contributed by atoms with van der Waals surface area (Å²) in [6, 6.07) is 7.86. The SMILES string of the molecule is Cc1ccccc1OCCCCC(/C=N\O)C(=O)OC(C)C. The van der Waals surface area contributed by atoms with E-state index in [2.05, 4.69) is 5.16 Å². The second kappa shape index (κ2) is 9.82. The molecule has 0 bridgehead atoms. The molecule has 0 heterocycles. The Morgan fingerprint density at radius 1 is 1.32 bits per heavy atom. The van der Waals surface area contributed by atoms with Gasteiger partial charge in [0.15, 0.2) is 0 Å². The van der Waals surface area contributed by atoms with Gasteiger partial charge in [-0.25, -0.2) is 0 Å². The number of nitrogens with zero attached hydrogens (tertiary/aromatic N) is 1. The van der Waals surface area contributed by atoms with E-state index in [0.29, 0.717) is 13.0 Å². The standard InChI is InChI=1S/C17H25NO4/c1-13(2)22-17(19)15(12-18-20)9-6-7-11-21-16-10-5-4-8-14(16)3/h4-5,8,10,12-13,15,20H,6-7,9,11H2,1-3H3/b18-12-. The van der Waals surface area contributed by atoms with Crippen molar-refractivity contribution in [3.63, 3.8) is 0 Å². The Labute approximate surface area is 131 Å². The van der Waals surface area contributed by atoms with Gasteiger partial charge in [0.1, 0.15) is 5.75 Å². The van der Waals surface area contributed by atoms with Crippen LogP contribution in [-0.2, 0) is 9.53 Å². The smallest absolute Gasteiger partial charge is 0.314 e. The molecule has 0 aliphatic heterocycles. The van der Waals surface area contributed by atoms with Crippen LogP contribution in [0, 0.1) is 12.8 Å². The maximum absolute atomic E-state index is 11.8. The van der Waals surface area contributed by atoms with Crippen molar-refractivity contribution in [1.82, 2.24) is 0 Å². The van der Waals surface area contributed by atoms with Crippen LogP contribution >= 0.6 is 0 Å². The van der Waals surface area contributed by atoms with Gasteiger partial charge in [0.2, 0.25) is 0 Å². The number of carbonyl (C=O) groups is 1. The van der Waals surface area contributed by atoms with Gasteiger partial charge in [-0.3, -0.25) is 4.79 Å². The van der Waals surface area contributed by atoms with Crippen LogP contribution in [0.25, 0.3) is 0 Å². The Bertz CT molecular complexity index is 485. The van der Waals surface area contributed by atoms with Crippen LogP contribution in [-0.4, -0.2) is 30.1 Å². The molecule has 5 nitrogen and oxygen atoms in total. The topological polar surface area (TPSA) is 68.1 Å². The van der Waals surface area contributed by atoms with Crippen molar-refractivity contribution in [1.29, 1.82) is 0 Å². The number of hydrogen-bond acceptors (Lipinski definition) is 5. The van der Waals surface area contributed by atoms with Crippen LogP contribution in [0.4, 0.5) is 0 Å². The lowest BCUT2D eigenvalue weighted by molar-refractivity contribution is -0.150. The van der Waals surface area contributed by atoms with Crippen LogP contribution in [0.1, 0.15) is 38.7 Å². The lowest BCUT2D eigenvalue weighted by Crippen LogP contribution is -2.22. The van der Waals surface area contributed by atoms with E-state index >= 15 is 0 Å². The van der Waals surface area contributed by atoms with Gasteiger partial charge in [0.05, 0.1) is 24.8 Å². The summed E-state index contributed by atoms with van der Waals surface area (Å²) in [6.07, 6.45) is 3.24. The second-order valence-corrected chi connectivity index (χ2v) is 5.47. The molecule has 1 unspecified atom stereocenters. The maximum Gasteiger partial charge on any atom is 0.314 e. The first-order valence-electron chi connectivity index (χ1n) is 7.61. The van der Waals surface area contributed by atoms with Crippen molar-refractivity contribution in [2.75, 3.05) is 6.61 Å². The van der Waals surface area contributed by atoms with Gasteiger partial charge in [-0.05, 0) is 51.7 Å². The summed E-state index contributed by atoms with van der Waals surface area (Å²) in [6.45, 7) is 6.18. The summed E-state index contributed by atoms with van der Waals surface area (Å²) in [7, 11) is 0. The number of carbonyl (C=O) groups excluding carboxylic acids is 1. The Hall–Kier alpha value is -2.04. The van der Waals surface area contributed by atoms with Gasteiger partial charge in [-0.15, -0.1) is 5.16 Å². The van der Waals surface area contributed by atoms with Gasteiger partial charge >= 0.3 is 5.97 Å². The highest BCUT2D eigenvalue weighted by Crippen LogP contribution is 2.17. The first-order chi connectivity index (χ1) is 10.5. The number of ether oxygens (including phenoxy) is 2. The van der Waals surface area contributed by atoms with E-state index in [-0.39, 0.29) is 12.1 Å². The predicted molar refractivity (Wildman–Crippen MR) is 85.5 cm³/mol. The average molecular weight is 307 g/mol. The Morgan fingerprint density at radius 2 is 2.05 bits per heavy atom. The highest BCUT2D eigenvalue weighted by Gasteiger charge is 2.19. The zero-order chi connectivity index (χ0) is 16.4. The van der Waals surface area contributed by atoms with Gasteiger partial charge in [0, 0.05) is 0 Å². The molecule has 1 aromatic carbocycles. The van der Waals surface area contributed by atoms with E-state index in [1.165, 1.54) is 6.21 Å². The van der Waals surface area contributed by atoms with Crippen molar-refractivity contribution in [3.05, 3.63) is 29.8 Å². The van der Waals surface area contributed by atoms with Crippen molar-refractivity contribution in [2.45, 2.75) is 46.1 Å². The number of esters is 1. The molecule has 0 spiro atoms. The first kappa shape index (κ1) is 18.0. The highest BCUT2D eigenvalue weighted by molar-refractivity contribution is 5.89. The molecule has 0 saturated heterocycles. The molecule has 1 atom stereocenters. The van der Waals surface area contributed by atoms with E-state index in [1.807, 2.05) is 31.2 Å². The average Bonchev–Trinajstić information content (AvgIpc) is 2.46. The fraction of sp³-hybridized carbons (Fsp3) is 0.529. The quantitative estimate of drug-likeness (QED) is 0.249. The van der Waals surface area contributed by atoms with Crippen LogP contribution in [0.5, 0.6) is 5.75 Å². The number of aryl methyl sites for hydroxylation is 1. The van der Waals surface area contributed by atoms with E-state index in [1.54, 1.807) is 13.8 Å². The fourth-order valence-electron chi connectivity index (χ4n) is 2.02. The molecule has 122 valence electrons. The fourth-order valence-corrected chi connectivity index (χ4v) is 2.02. The normalized spacial score (nSPS) is 12.5. The van der Waals surface area contributed by atoms with Crippen LogP contribution < -0.4 is 4.74 Å². The first-order valence-corrected chi connectivity index (χ1v) is 7.61. The summed E-state index contributed by atoms with van der Waals surface area (Å²) in [5.74, 6) is 0.0219. The number of unbranched alkanes of at least 4 members (excludes halogenated alkanes) is 1. The van der Waals surface area contributed by atoms with Crippen LogP contribution in [0.2, 0.25) is 0 Å². The molecular formula is C17H25NO4. The summed E-state index contributed by atoms with van der Waals surface area (Å²) in [5.41, 5.74) is 1.10. The highest BCUT2D eigenvalue weighted by atomic mass is 16.5. The number of benzene rings is 1. The van der Waals surface area contributed by atoms with Crippen molar-refractivity contribution in [3.8, 4) is 5.75 Å². The maximum atomic E-state index is 11.8. The lowest BCUT2D eigenvalue weighted by Gasteiger charge is -2.14. The van der Waals surface area contributed by atoms with Gasteiger partial charge < -0.3 is 14.7 Å². The molecule has 5 heteroatoms. The molecule has 0 amide bonds. The minimum Gasteiger partial charge on any atom is -0.493 e. The molecule has 22 heavy (non-hydrogen) atoms. The third-order valence-corrected chi connectivity index (χ3v) is 3.16. The molecule has 0 aromatic heterocycles. The monoisotopic (exact) mass is 307 g/mol. The summed E-state index contributed by atoms with van der Waals surface area (Å²) < 4.78 is 10.8. The molecule has 0 fully saturated rings. The number of rotatable bonds is 9. The molecule has 1 rings (SSSR count). The lowest BCUT2D eigenvalue weighted by atomic mass is 10.0. The van der Waals surface area contributed by atoms with E-state index in [0.717, 1.165) is 24.2 Å². The Morgan fingerprint density at radius 3 is 2.68 bits per heavy atom. The summed E-state index contributed by atoms with van der Waals surface area (Å²) >= 11 is 0. The number of para-hydroxylation sites is 1. The van der Waals surface area contributed by atoms with Crippen molar-refractivity contribution >= 4 is 12.2 Å². The van der Waals surface area contributed by atoms with Gasteiger partial charge in [-0.2, -0.15) is 0 Å². The molecule has 1 N–H and O–H groups in total. The van der Waals surface area contributed by atoms with E-state index in [9.17, 15) is 4.79 Å². The van der Waals surface area contributed by atoms with Gasteiger partial charge in [0.25, 0.3) is 0 Å². The molecular weight excluding hydrogens is 282 g/mol. The minimum absolute atomic E-state index is 0.175. The number of oxime groups is 1.